The molecule has 12 nitrogen and oxygen atoms in total. The van der Waals surface area contributed by atoms with E-state index in [0.717, 1.165) is 17.4 Å². The molecule has 5 atom stereocenters. The lowest BCUT2D eigenvalue weighted by atomic mass is 10.0. The molecule has 1 saturated heterocycles. The predicted octanol–water partition coefficient (Wildman–Crippen LogP) is 10.9. The largest absolute Gasteiger partial charge is 0.497 e. The van der Waals surface area contributed by atoms with E-state index in [2.05, 4.69) is 53.5 Å². The van der Waals surface area contributed by atoms with Crippen molar-refractivity contribution in [2.24, 2.45) is 0 Å². The Morgan fingerprint density at radius 2 is 1.53 bits per heavy atom. The van der Waals surface area contributed by atoms with Crippen LogP contribution in [0.4, 0.5) is 0 Å². The maximum absolute atomic E-state index is 13.8. The van der Waals surface area contributed by atoms with Crippen molar-refractivity contribution in [1.82, 2.24) is 0 Å². The average molecular weight is 921 g/mol. The zero-order chi connectivity index (χ0) is 47.3. The Kier molecular flexibility index (Phi) is 19.0. The van der Waals surface area contributed by atoms with Crippen LogP contribution < -0.4 is 14.2 Å². The lowest BCUT2D eigenvalue weighted by molar-refractivity contribution is -0.152. The van der Waals surface area contributed by atoms with Gasteiger partial charge >= 0.3 is 11.9 Å². The number of esters is 2. The third-order valence-corrected chi connectivity index (χ3v) is 17.5. The fourth-order valence-corrected chi connectivity index (χ4v) is 8.79. The summed E-state index contributed by atoms with van der Waals surface area (Å²) >= 11 is 0. The highest BCUT2D eigenvalue weighted by atomic mass is 28.4. The summed E-state index contributed by atoms with van der Waals surface area (Å²) in [5, 5.41) is -0.0429. The Morgan fingerprint density at radius 3 is 2.14 bits per heavy atom. The SMILES string of the molecule is COCOc1cc(OC)cc(/C=C/C[C@H]2OC(C)(C)O[C@@H]2C(/C=C\[C@H](OCc2ccc(OC)cc2)[C@H](C)O[Si](C)(C)C(C)(C)C)OC(=O)c2ccccc2)c1C(=O)OCC[Si](C)(C)C. The maximum Gasteiger partial charge on any atom is 0.342 e. The monoisotopic (exact) mass is 920 g/mol. The zero-order valence-corrected chi connectivity index (χ0v) is 42.5. The van der Waals surface area contributed by atoms with Gasteiger partial charge in [0.2, 0.25) is 0 Å². The van der Waals surface area contributed by atoms with Crippen LogP contribution in [0.1, 0.15) is 79.8 Å². The Morgan fingerprint density at radius 1 is 0.859 bits per heavy atom. The number of hydrogen-bond donors (Lipinski definition) is 0. The van der Waals surface area contributed by atoms with E-state index >= 15 is 0 Å². The first kappa shape index (κ1) is 52.3. The van der Waals surface area contributed by atoms with Gasteiger partial charge in [0, 0.05) is 21.3 Å². The molecule has 14 heteroatoms. The van der Waals surface area contributed by atoms with E-state index in [0.29, 0.717) is 36.5 Å². The average Bonchev–Trinajstić information content (AvgIpc) is 3.54. The molecule has 1 unspecified atom stereocenters. The van der Waals surface area contributed by atoms with Gasteiger partial charge in [-0.15, -0.1) is 0 Å². The summed E-state index contributed by atoms with van der Waals surface area (Å²) in [6.07, 6.45) is 4.62. The molecule has 0 N–H and O–H groups in total. The molecule has 3 aromatic rings. The number of carbonyl (C=O) groups is 2. The smallest absolute Gasteiger partial charge is 0.342 e. The molecule has 0 spiro atoms. The highest BCUT2D eigenvalue weighted by molar-refractivity contribution is 6.76. The molecule has 1 aliphatic rings. The van der Waals surface area contributed by atoms with Crippen molar-refractivity contribution in [2.75, 3.05) is 34.7 Å². The number of hydrogen-bond acceptors (Lipinski definition) is 12. The van der Waals surface area contributed by atoms with E-state index in [4.69, 9.17) is 47.1 Å². The second-order valence-electron chi connectivity index (χ2n) is 19.2. The van der Waals surface area contributed by atoms with E-state index in [1.165, 1.54) is 7.11 Å². The van der Waals surface area contributed by atoms with Crippen molar-refractivity contribution in [1.29, 1.82) is 0 Å². The third kappa shape index (κ3) is 15.7. The Hall–Kier alpha value is -4.29. The molecule has 1 heterocycles. The van der Waals surface area contributed by atoms with Crippen LogP contribution in [-0.4, -0.2) is 99.4 Å². The number of carbonyl (C=O) groups excluding carboxylic acids is 2. The summed E-state index contributed by atoms with van der Waals surface area (Å²) < 4.78 is 60.7. The van der Waals surface area contributed by atoms with Crippen LogP contribution >= 0.6 is 0 Å². The summed E-state index contributed by atoms with van der Waals surface area (Å²) in [4.78, 5) is 27.5. The normalized spacial score (nSPS) is 18.2. The van der Waals surface area contributed by atoms with E-state index in [9.17, 15) is 9.59 Å². The maximum atomic E-state index is 13.8. The first-order valence-corrected chi connectivity index (χ1v) is 28.6. The molecule has 1 aliphatic heterocycles. The molecule has 0 aliphatic carbocycles. The highest BCUT2D eigenvalue weighted by Crippen LogP contribution is 2.39. The van der Waals surface area contributed by atoms with Gasteiger partial charge in [-0.2, -0.15) is 0 Å². The van der Waals surface area contributed by atoms with Crippen LogP contribution in [0.25, 0.3) is 6.08 Å². The Balaban J connectivity index is 1.72. The van der Waals surface area contributed by atoms with Gasteiger partial charge in [0.25, 0.3) is 0 Å². The fraction of sp³-hybridized carbons (Fsp3) is 0.520. The van der Waals surface area contributed by atoms with Gasteiger partial charge in [-0.25, -0.2) is 9.59 Å². The van der Waals surface area contributed by atoms with Gasteiger partial charge in [0.15, 0.2) is 20.9 Å². The topological polar surface area (TPSA) is 126 Å². The predicted molar refractivity (Wildman–Crippen MR) is 256 cm³/mol. The van der Waals surface area contributed by atoms with E-state index in [1.807, 2.05) is 75.4 Å². The first-order chi connectivity index (χ1) is 30.1. The van der Waals surface area contributed by atoms with Crippen LogP contribution in [0.2, 0.25) is 43.8 Å². The minimum Gasteiger partial charge on any atom is -0.497 e. The van der Waals surface area contributed by atoms with Crippen LogP contribution in [0.5, 0.6) is 17.2 Å². The van der Waals surface area contributed by atoms with Gasteiger partial charge in [-0.1, -0.05) is 89.0 Å². The quantitative estimate of drug-likeness (QED) is 0.0389. The number of benzene rings is 3. The minimum atomic E-state index is -2.24. The van der Waals surface area contributed by atoms with E-state index < -0.39 is 58.5 Å². The second-order valence-corrected chi connectivity index (χ2v) is 29.6. The molecule has 0 aromatic heterocycles. The molecular weight excluding hydrogens is 849 g/mol. The third-order valence-electron chi connectivity index (χ3n) is 11.3. The van der Waals surface area contributed by atoms with Crippen molar-refractivity contribution in [3.8, 4) is 17.2 Å². The Bertz CT molecular complexity index is 2000. The summed E-state index contributed by atoms with van der Waals surface area (Å²) in [5.74, 6) is -0.552. The molecule has 3 aromatic carbocycles. The van der Waals surface area contributed by atoms with Crippen LogP contribution in [-0.2, 0) is 39.5 Å². The molecule has 0 bridgehead atoms. The zero-order valence-electron chi connectivity index (χ0n) is 40.5. The fourth-order valence-electron chi connectivity index (χ4n) is 6.66. The van der Waals surface area contributed by atoms with Gasteiger partial charge in [-0.3, -0.25) is 0 Å². The number of methoxy groups -OCH3 is 3. The Labute approximate surface area is 383 Å². The first-order valence-electron chi connectivity index (χ1n) is 22.0. The van der Waals surface area contributed by atoms with Crippen LogP contribution in [0, 0.1) is 0 Å². The summed E-state index contributed by atoms with van der Waals surface area (Å²) in [5.41, 5.74) is 2.13. The molecule has 4 rings (SSSR count). The lowest BCUT2D eigenvalue weighted by Crippen LogP contribution is -2.46. The standard InChI is InChI=1S/C50H72O12Si2/c1-35(62-64(13,14)49(2,3)4)41(57-33-36-23-25-39(54-8)26-24-36)27-28-42(59-47(51)37-19-16-15-17-20-37)46-43(60-50(5,6)61-46)22-18-21-38-31-40(55-9)32-44(58-34-53-7)45(38)48(52)56-29-30-63(10,11)12/h15-21,23-28,31-32,35,41-43,46H,22,29-30,33-34H2,1-14H3/b21-18+,28-27-/t35-,41-,42?,43+,46+/m0/s1. The highest BCUT2D eigenvalue weighted by Gasteiger charge is 2.46. The van der Waals surface area contributed by atoms with Gasteiger partial charge in [-0.05, 0) is 98.9 Å². The second kappa shape index (κ2) is 23.3. The molecule has 0 saturated carbocycles. The van der Waals surface area contributed by atoms with E-state index in [-0.39, 0.29) is 29.2 Å². The number of ether oxygens (including phenoxy) is 9. The summed E-state index contributed by atoms with van der Waals surface area (Å²) in [6.45, 7) is 23.9. The van der Waals surface area contributed by atoms with Crippen molar-refractivity contribution >= 4 is 34.4 Å². The molecule has 0 amide bonds. The molecule has 352 valence electrons. The number of rotatable bonds is 23. The van der Waals surface area contributed by atoms with Gasteiger partial charge in [0.1, 0.15) is 41.1 Å². The van der Waals surface area contributed by atoms with Crippen molar-refractivity contribution in [2.45, 2.75) is 135 Å². The van der Waals surface area contributed by atoms with Gasteiger partial charge < -0.3 is 47.1 Å². The van der Waals surface area contributed by atoms with E-state index in [1.54, 1.807) is 50.6 Å². The summed E-state index contributed by atoms with van der Waals surface area (Å²) in [7, 11) is 0.974. The summed E-state index contributed by atoms with van der Waals surface area (Å²) in [6, 6.07) is 20.8. The lowest BCUT2D eigenvalue weighted by Gasteiger charge is -2.40. The minimum absolute atomic E-state index is 0.0429. The van der Waals surface area contributed by atoms with Crippen LogP contribution in [0.15, 0.2) is 85.0 Å². The molecule has 0 radical (unpaired) electrons. The van der Waals surface area contributed by atoms with Crippen molar-refractivity contribution in [3.05, 3.63) is 107 Å². The molecule has 1 fully saturated rings. The van der Waals surface area contributed by atoms with Crippen molar-refractivity contribution < 1.29 is 56.6 Å². The molecular formula is C50H72O12Si2. The van der Waals surface area contributed by atoms with Crippen molar-refractivity contribution in [3.63, 3.8) is 0 Å². The molecule has 64 heavy (non-hydrogen) atoms. The van der Waals surface area contributed by atoms with Crippen LogP contribution in [0.3, 0.4) is 0 Å². The van der Waals surface area contributed by atoms with Gasteiger partial charge in [0.05, 0.1) is 45.2 Å².